The Kier molecular flexibility index (Phi) is 5.44. The van der Waals surface area contributed by atoms with Gasteiger partial charge in [-0.1, -0.05) is 13.8 Å². The molecule has 2 rings (SSSR count). The molecule has 7 heteroatoms. The normalized spacial score (nSPS) is 21.2. The van der Waals surface area contributed by atoms with Crippen molar-refractivity contribution >= 4 is 15.7 Å². The molecule has 2 N–H and O–H groups in total. The van der Waals surface area contributed by atoms with Crippen LogP contribution in [0.15, 0.2) is 0 Å². The number of aromatic amines is 1. The van der Waals surface area contributed by atoms with Crippen molar-refractivity contribution in [2.24, 2.45) is 5.92 Å². The Hall–Kier alpha value is -1.34. The molecule has 2 heterocycles. The van der Waals surface area contributed by atoms with Crippen molar-refractivity contribution in [1.82, 2.24) is 9.88 Å². The van der Waals surface area contributed by atoms with Crippen molar-refractivity contribution in [2.45, 2.75) is 53.2 Å². The second-order valence-corrected chi connectivity index (χ2v) is 9.48. The summed E-state index contributed by atoms with van der Waals surface area (Å²) >= 11 is 0. The summed E-state index contributed by atoms with van der Waals surface area (Å²) in [6, 6.07) is -0.275. The first kappa shape index (κ1) is 19.0. The van der Waals surface area contributed by atoms with E-state index < -0.39 is 15.9 Å². The third kappa shape index (κ3) is 3.83. The molecule has 24 heavy (non-hydrogen) atoms. The number of aromatic nitrogens is 1. The largest absolute Gasteiger partial charge is 0.389 e. The summed E-state index contributed by atoms with van der Waals surface area (Å²) in [5.74, 6) is 0.234. The van der Waals surface area contributed by atoms with Crippen LogP contribution in [0.2, 0.25) is 0 Å². The predicted molar refractivity (Wildman–Crippen MR) is 93.8 cm³/mol. The first-order valence-electron chi connectivity index (χ1n) is 8.42. The van der Waals surface area contributed by atoms with Crippen LogP contribution in [0.25, 0.3) is 0 Å². The van der Waals surface area contributed by atoms with Gasteiger partial charge in [-0.15, -0.1) is 0 Å². The number of hydrogen-bond donors (Lipinski definition) is 2. The van der Waals surface area contributed by atoms with E-state index in [1.165, 1.54) is 0 Å². The lowest BCUT2D eigenvalue weighted by molar-refractivity contribution is 0.0666. The average Bonchev–Trinajstić information content (AvgIpc) is 2.94. The van der Waals surface area contributed by atoms with E-state index in [4.69, 9.17) is 0 Å². The summed E-state index contributed by atoms with van der Waals surface area (Å²) in [6.07, 6.45) is -0.170. The topological polar surface area (TPSA) is 90.5 Å². The van der Waals surface area contributed by atoms with Crippen LogP contribution in [0.5, 0.6) is 0 Å². The minimum atomic E-state index is -3.06. The molecule has 0 saturated carbocycles. The molecule has 136 valence electrons. The van der Waals surface area contributed by atoms with Crippen molar-refractivity contribution < 1.29 is 18.3 Å². The van der Waals surface area contributed by atoms with Gasteiger partial charge >= 0.3 is 0 Å². The number of carbonyl (C=O) groups is 1. The van der Waals surface area contributed by atoms with Gasteiger partial charge in [-0.2, -0.15) is 0 Å². The van der Waals surface area contributed by atoms with Gasteiger partial charge in [0, 0.05) is 23.8 Å². The third-order valence-corrected chi connectivity index (χ3v) is 6.35. The Morgan fingerprint density at radius 2 is 1.96 bits per heavy atom. The van der Waals surface area contributed by atoms with Gasteiger partial charge in [0.1, 0.15) is 5.69 Å². The molecule has 0 aliphatic carbocycles. The molecule has 0 bridgehead atoms. The Balaban J connectivity index is 2.37. The van der Waals surface area contributed by atoms with Gasteiger partial charge in [-0.25, -0.2) is 8.42 Å². The van der Waals surface area contributed by atoms with Gasteiger partial charge in [0.2, 0.25) is 0 Å². The number of carbonyl (C=O) groups excluding carboxylic acids is 1. The fourth-order valence-electron chi connectivity index (χ4n) is 3.56. The number of nitrogens with one attached hydrogen (secondary N) is 1. The highest BCUT2D eigenvalue weighted by Gasteiger charge is 2.36. The van der Waals surface area contributed by atoms with E-state index in [2.05, 4.69) is 4.98 Å². The van der Waals surface area contributed by atoms with Gasteiger partial charge in [0.25, 0.3) is 5.91 Å². The molecule has 1 saturated heterocycles. The zero-order valence-corrected chi connectivity index (χ0v) is 15.9. The molecule has 6 nitrogen and oxygen atoms in total. The Morgan fingerprint density at radius 1 is 1.33 bits per heavy atom. The predicted octanol–water partition coefficient (Wildman–Crippen LogP) is 1.97. The third-order valence-electron chi connectivity index (χ3n) is 4.60. The molecule has 2 atom stereocenters. The van der Waals surface area contributed by atoms with Crippen molar-refractivity contribution in [3.8, 4) is 0 Å². The summed E-state index contributed by atoms with van der Waals surface area (Å²) in [5.41, 5.74) is 2.70. The molecule has 2 unspecified atom stereocenters. The number of sulfone groups is 1. The van der Waals surface area contributed by atoms with Crippen LogP contribution in [0.4, 0.5) is 0 Å². The SMILES string of the molecule is Cc1[nH]c(C(=O)N(CC(C)C)C2CCS(=O)(=O)C2)c(C)c1C(C)O. The van der Waals surface area contributed by atoms with Crippen LogP contribution in [0.3, 0.4) is 0 Å². The molecule has 0 spiro atoms. The van der Waals surface area contributed by atoms with Crippen LogP contribution in [-0.2, 0) is 9.84 Å². The molecule has 1 amide bonds. The lowest BCUT2D eigenvalue weighted by Crippen LogP contribution is -2.43. The second-order valence-electron chi connectivity index (χ2n) is 7.25. The number of aliphatic hydroxyl groups excluding tert-OH is 1. The zero-order valence-electron chi connectivity index (χ0n) is 15.1. The van der Waals surface area contributed by atoms with E-state index in [1.807, 2.05) is 27.7 Å². The fraction of sp³-hybridized carbons (Fsp3) is 0.706. The number of nitrogens with zero attached hydrogens (tertiary/aromatic N) is 1. The van der Waals surface area contributed by atoms with Crippen molar-refractivity contribution in [3.05, 3.63) is 22.5 Å². The number of amides is 1. The molecule has 0 radical (unpaired) electrons. The maximum atomic E-state index is 13.1. The van der Waals surface area contributed by atoms with E-state index >= 15 is 0 Å². The van der Waals surface area contributed by atoms with E-state index in [9.17, 15) is 18.3 Å². The summed E-state index contributed by atoms with van der Waals surface area (Å²) in [5, 5.41) is 9.92. The minimum Gasteiger partial charge on any atom is -0.389 e. The standard InChI is InChI=1S/C17H28N2O4S/c1-10(2)8-19(14-6-7-24(22,23)9-14)17(21)16-11(3)15(13(5)20)12(4)18-16/h10,13-14,18,20H,6-9H2,1-5H3. The maximum Gasteiger partial charge on any atom is 0.270 e. The molecule has 1 aliphatic heterocycles. The van der Waals surface area contributed by atoms with E-state index in [-0.39, 0.29) is 29.4 Å². The van der Waals surface area contributed by atoms with Crippen molar-refractivity contribution in [2.75, 3.05) is 18.1 Å². The maximum absolute atomic E-state index is 13.1. The van der Waals surface area contributed by atoms with E-state index in [0.717, 1.165) is 16.8 Å². The summed E-state index contributed by atoms with van der Waals surface area (Å²) in [6.45, 7) is 9.86. The van der Waals surface area contributed by atoms with Gasteiger partial charge in [-0.05, 0) is 38.7 Å². The highest BCUT2D eigenvalue weighted by molar-refractivity contribution is 7.91. The smallest absolute Gasteiger partial charge is 0.270 e. The van der Waals surface area contributed by atoms with Crippen LogP contribution in [-0.4, -0.2) is 53.4 Å². The fourth-order valence-corrected chi connectivity index (χ4v) is 5.29. The van der Waals surface area contributed by atoms with Crippen LogP contribution >= 0.6 is 0 Å². The summed E-state index contributed by atoms with van der Waals surface area (Å²) < 4.78 is 23.7. The monoisotopic (exact) mass is 356 g/mol. The first-order chi connectivity index (χ1) is 11.0. The molecule has 1 fully saturated rings. The van der Waals surface area contributed by atoms with E-state index in [0.29, 0.717) is 18.7 Å². The van der Waals surface area contributed by atoms with E-state index in [1.54, 1.807) is 11.8 Å². The molecular formula is C17H28N2O4S. The number of H-pyrrole nitrogens is 1. The molecular weight excluding hydrogens is 328 g/mol. The number of aliphatic hydroxyl groups is 1. The van der Waals surface area contributed by atoms with Crippen molar-refractivity contribution in [1.29, 1.82) is 0 Å². The molecule has 1 aliphatic rings. The number of hydrogen-bond acceptors (Lipinski definition) is 4. The first-order valence-corrected chi connectivity index (χ1v) is 10.2. The molecule has 1 aromatic heterocycles. The zero-order chi connectivity index (χ0) is 18.2. The van der Waals surface area contributed by atoms with Gasteiger partial charge in [0.05, 0.1) is 17.6 Å². The van der Waals surface area contributed by atoms with Crippen molar-refractivity contribution in [3.63, 3.8) is 0 Å². The second kappa shape index (κ2) is 6.88. The number of rotatable bonds is 5. The highest BCUT2D eigenvalue weighted by atomic mass is 32.2. The van der Waals surface area contributed by atoms with Crippen LogP contribution in [0.1, 0.15) is 60.6 Å². The molecule has 0 aromatic carbocycles. The lowest BCUT2D eigenvalue weighted by Gasteiger charge is -2.30. The van der Waals surface area contributed by atoms with Gasteiger partial charge < -0.3 is 15.0 Å². The number of aryl methyl sites for hydroxylation is 1. The lowest BCUT2D eigenvalue weighted by atomic mass is 10.0. The highest BCUT2D eigenvalue weighted by Crippen LogP contribution is 2.27. The van der Waals surface area contributed by atoms with Gasteiger partial charge in [0.15, 0.2) is 9.84 Å². The van der Waals surface area contributed by atoms with Gasteiger partial charge in [-0.3, -0.25) is 4.79 Å². The average molecular weight is 356 g/mol. The Labute approximate surface area is 144 Å². The minimum absolute atomic E-state index is 0.0352. The van der Waals surface area contributed by atoms with Crippen LogP contribution < -0.4 is 0 Å². The quantitative estimate of drug-likeness (QED) is 0.844. The molecule has 1 aromatic rings. The summed E-state index contributed by atoms with van der Waals surface area (Å²) in [7, 11) is -3.06. The Bertz CT molecular complexity index is 719. The Morgan fingerprint density at radius 3 is 2.38 bits per heavy atom. The summed E-state index contributed by atoms with van der Waals surface area (Å²) in [4.78, 5) is 17.9. The van der Waals surface area contributed by atoms with Crippen LogP contribution in [0, 0.1) is 19.8 Å².